The summed E-state index contributed by atoms with van der Waals surface area (Å²) in [5.41, 5.74) is 22.5. The Balaban J connectivity index is 0.987. The van der Waals surface area contributed by atoms with E-state index in [0.717, 1.165) is 6.42 Å². The molecule has 6 aliphatic carbocycles. The van der Waals surface area contributed by atoms with Crippen molar-refractivity contribution in [1.82, 2.24) is 0 Å². The molecule has 0 saturated heterocycles. The minimum absolute atomic E-state index is 0.189. The van der Waals surface area contributed by atoms with Crippen LogP contribution < -0.4 is 0 Å². The molecule has 2 fully saturated rings. The molecule has 6 aliphatic rings. The van der Waals surface area contributed by atoms with E-state index in [-0.39, 0.29) is 16.7 Å². The smallest absolute Gasteiger partial charge is 0.0279 e. The summed E-state index contributed by atoms with van der Waals surface area (Å²) in [5, 5.41) is 2.95. The van der Waals surface area contributed by atoms with Gasteiger partial charge in [-0.25, -0.2) is 0 Å². The molecule has 6 aromatic carbocycles. The molecule has 0 nitrogen and oxygen atoms in total. The fourth-order valence-corrected chi connectivity index (χ4v) is 11.9. The lowest BCUT2D eigenvalue weighted by atomic mass is 9.73. The molecule has 1 atom stereocenters. The molecule has 0 heteroatoms. The second-order valence-electron chi connectivity index (χ2n) is 16.2. The van der Waals surface area contributed by atoms with Crippen molar-refractivity contribution in [3.05, 3.63) is 177 Å². The summed E-state index contributed by atoms with van der Waals surface area (Å²) < 4.78 is 0. The van der Waals surface area contributed by atoms with Crippen LogP contribution in [0.1, 0.15) is 113 Å². The molecule has 0 heterocycles. The Kier molecular flexibility index (Phi) is 5.48. The Morgan fingerprint density at radius 3 is 1.84 bits per heavy atom. The third-order valence-corrected chi connectivity index (χ3v) is 14.1. The van der Waals surface area contributed by atoms with E-state index in [1.165, 1.54) is 123 Å². The van der Waals surface area contributed by atoms with Gasteiger partial charge in [-0.2, -0.15) is 0 Å². The van der Waals surface area contributed by atoms with Crippen LogP contribution in [0.4, 0.5) is 0 Å². The molecule has 2 spiro atoms. The minimum atomic E-state index is 0.189. The second kappa shape index (κ2) is 9.85. The molecule has 12 rings (SSSR count). The van der Waals surface area contributed by atoms with Gasteiger partial charge < -0.3 is 0 Å². The highest BCUT2D eigenvalue weighted by molar-refractivity contribution is 6.07. The van der Waals surface area contributed by atoms with Crippen molar-refractivity contribution in [1.29, 1.82) is 0 Å². The first-order valence-corrected chi connectivity index (χ1v) is 19.2. The van der Waals surface area contributed by atoms with E-state index in [9.17, 15) is 0 Å². The maximum atomic E-state index is 2.61. The first-order chi connectivity index (χ1) is 24.7. The van der Waals surface area contributed by atoms with Crippen molar-refractivity contribution in [3.8, 4) is 22.3 Å². The number of hydrogen-bond acceptors (Lipinski definition) is 0. The summed E-state index contributed by atoms with van der Waals surface area (Å²) in [7, 11) is 0. The van der Waals surface area contributed by atoms with Gasteiger partial charge in [0.25, 0.3) is 0 Å². The van der Waals surface area contributed by atoms with Crippen LogP contribution in [0.3, 0.4) is 0 Å². The molecule has 1 unspecified atom stereocenters. The summed E-state index contributed by atoms with van der Waals surface area (Å²) in [6, 6.07) is 43.2. The van der Waals surface area contributed by atoms with Gasteiger partial charge in [-0.15, -0.1) is 0 Å². The number of benzene rings is 6. The average Bonchev–Trinajstić information content (AvgIpc) is 3.98. The van der Waals surface area contributed by atoms with Crippen LogP contribution in [0.2, 0.25) is 0 Å². The third-order valence-electron chi connectivity index (χ3n) is 14.1. The van der Waals surface area contributed by atoms with E-state index < -0.39 is 0 Å². The Morgan fingerprint density at radius 2 is 1.12 bits per heavy atom. The van der Waals surface area contributed by atoms with Gasteiger partial charge in [0, 0.05) is 16.7 Å². The van der Waals surface area contributed by atoms with Crippen LogP contribution >= 0.6 is 0 Å². The molecule has 240 valence electrons. The minimum Gasteiger partial charge on any atom is -0.0720 e. The SMILES string of the molecule is C1=CC(c2ccc3c(c2)C2(CCCC2)c2ccccc2-3)c2ccc3c4c(ccc1c24)C(c1ccc2c(c1)C1(CCCC1)c1ccccc1-2)=CC3. The molecule has 0 radical (unpaired) electrons. The van der Waals surface area contributed by atoms with Crippen molar-refractivity contribution in [3.63, 3.8) is 0 Å². The van der Waals surface area contributed by atoms with Crippen LogP contribution in [0.15, 0.2) is 121 Å². The molecule has 6 aromatic rings. The van der Waals surface area contributed by atoms with Crippen LogP contribution in [0.5, 0.6) is 0 Å². The predicted octanol–water partition coefficient (Wildman–Crippen LogP) is 12.7. The fraction of sp³-hybridized carbons (Fsp3) is 0.240. The van der Waals surface area contributed by atoms with E-state index in [4.69, 9.17) is 0 Å². The Morgan fingerprint density at radius 1 is 0.500 bits per heavy atom. The Hall–Kier alpha value is -4.94. The average molecular weight is 641 g/mol. The molecule has 0 aromatic heterocycles. The van der Waals surface area contributed by atoms with Gasteiger partial charge in [-0.1, -0.05) is 147 Å². The van der Waals surface area contributed by atoms with Crippen molar-refractivity contribution in [2.24, 2.45) is 0 Å². The highest BCUT2D eigenvalue weighted by atomic mass is 14.5. The lowest BCUT2D eigenvalue weighted by Gasteiger charge is -2.30. The molecular formula is C50H40. The molecule has 0 aliphatic heterocycles. The maximum Gasteiger partial charge on any atom is 0.0279 e. The van der Waals surface area contributed by atoms with Gasteiger partial charge in [-0.3, -0.25) is 0 Å². The topological polar surface area (TPSA) is 0 Å². The summed E-state index contributed by atoms with van der Waals surface area (Å²) in [6.45, 7) is 0. The largest absolute Gasteiger partial charge is 0.0720 e. The second-order valence-corrected chi connectivity index (χ2v) is 16.2. The normalized spacial score (nSPS) is 20.6. The zero-order valence-electron chi connectivity index (χ0n) is 28.6. The van der Waals surface area contributed by atoms with Gasteiger partial charge in [-0.05, 0) is 132 Å². The van der Waals surface area contributed by atoms with E-state index in [0.29, 0.717) is 0 Å². The van der Waals surface area contributed by atoms with Crippen LogP contribution in [-0.2, 0) is 17.3 Å². The molecule has 0 bridgehead atoms. The van der Waals surface area contributed by atoms with Gasteiger partial charge in [0.15, 0.2) is 0 Å². The molecular weight excluding hydrogens is 601 g/mol. The quantitative estimate of drug-likeness (QED) is 0.177. The number of hydrogen-bond donors (Lipinski definition) is 0. The standard InChI is InChI=1S/C50H40/c1-3-11-43-37(9-1)39-21-17-33(29-45(39)49(43)25-5-6-26-49)35-19-13-31-16-24-42-36(20-14-32-15-23-41(35)47(31)48(32)42)34-18-22-40-38-10-2-4-12-44(38)50(46(40)30-34)27-7-8-28-50/h1-4,9-13,15-24,29-30,35H,5-8,14,25-28H2. The number of rotatable bonds is 2. The molecule has 2 saturated carbocycles. The first-order valence-electron chi connectivity index (χ1n) is 19.2. The van der Waals surface area contributed by atoms with E-state index >= 15 is 0 Å². The maximum absolute atomic E-state index is 2.61. The Bertz CT molecular complexity index is 2520. The van der Waals surface area contributed by atoms with Crippen molar-refractivity contribution in [2.45, 2.75) is 74.5 Å². The molecule has 0 N–H and O–H groups in total. The zero-order chi connectivity index (χ0) is 32.6. The van der Waals surface area contributed by atoms with Crippen molar-refractivity contribution >= 4 is 22.4 Å². The zero-order valence-corrected chi connectivity index (χ0v) is 28.6. The van der Waals surface area contributed by atoms with Crippen LogP contribution in [-0.4, -0.2) is 0 Å². The fourth-order valence-electron chi connectivity index (χ4n) is 11.9. The van der Waals surface area contributed by atoms with Crippen molar-refractivity contribution < 1.29 is 0 Å². The monoisotopic (exact) mass is 640 g/mol. The third kappa shape index (κ3) is 3.43. The van der Waals surface area contributed by atoms with E-state index in [1.807, 2.05) is 0 Å². The molecule has 50 heavy (non-hydrogen) atoms. The first kappa shape index (κ1) is 27.8. The highest BCUT2D eigenvalue weighted by Crippen LogP contribution is 2.59. The predicted molar refractivity (Wildman–Crippen MR) is 208 cm³/mol. The van der Waals surface area contributed by atoms with Gasteiger partial charge in [0.05, 0.1) is 0 Å². The Labute approximate surface area is 295 Å². The summed E-state index contributed by atoms with van der Waals surface area (Å²) in [4.78, 5) is 0. The lowest BCUT2D eigenvalue weighted by Crippen LogP contribution is -2.20. The van der Waals surface area contributed by atoms with Gasteiger partial charge >= 0.3 is 0 Å². The number of allylic oxidation sites excluding steroid dienone is 2. The van der Waals surface area contributed by atoms with Crippen LogP contribution in [0, 0.1) is 0 Å². The summed E-state index contributed by atoms with van der Waals surface area (Å²) in [6.07, 6.45) is 18.8. The van der Waals surface area contributed by atoms with Crippen LogP contribution in [0.25, 0.3) is 44.7 Å². The highest BCUT2D eigenvalue weighted by Gasteiger charge is 2.46. The van der Waals surface area contributed by atoms with Gasteiger partial charge in [0.2, 0.25) is 0 Å². The summed E-state index contributed by atoms with van der Waals surface area (Å²) >= 11 is 0. The molecule has 0 amide bonds. The van der Waals surface area contributed by atoms with Crippen molar-refractivity contribution in [2.75, 3.05) is 0 Å². The number of fused-ring (bicyclic) bond motifs is 10. The van der Waals surface area contributed by atoms with E-state index in [1.54, 1.807) is 22.3 Å². The lowest BCUT2D eigenvalue weighted by molar-refractivity contribution is 0.549. The van der Waals surface area contributed by atoms with Gasteiger partial charge in [0.1, 0.15) is 0 Å². The summed E-state index contributed by atoms with van der Waals surface area (Å²) in [5.74, 6) is 0.259. The van der Waals surface area contributed by atoms with E-state index in [2.05, 4.69) is 127 Å².